The molecule has 2 amide bonds. The number of nitrogens with zero attached hydrogens (tertiary/aromatic N) is 4. The molecule has 1 aliphatic carbocycles. The van der Waals surface area contributed by atoms with Crippen molar-refractivity contribution in [2.24, 2.45) is 5.92 Å². The molecule has 9 nitrogen and oxygen atoms in total. The van der Waals surface area contributed by atoms with Crippen LogP contribution in [-0.4, -0.2) is 55.3 Å². The molecule has 1 saturated carbocycles. The fourth-order valence-electron chi connectivity index (χ4n) is 4.83. The smallest absolute Gasteiger partial charge is 0.350 e. The normalized spacial score (nSPS) is 18.1. The van der Waals surface area contributed by atoms with Crippen LogP contribution in [0.2, 0.25) is 0 Å². The molecule has 230 valence electrons. The van der Waals surface area contributed by atoms with E-state index in [4.69, 9.17) is 0 Å². The Kier molecular flexibility index (Phi) is 9.11. The van der Waals surface area contributed by atoms with Gasteiger partial charge in [-0.2, -0.15) is 13.2 Å². The van der Waals surface area contributed by atoms with Gasteiger partial charge in [-0.3, -0.25) is 9.59 Å². The van der Waals surface area contributed by atoms with Gasteiger partial charge in [0.15, 0.2) is 5.69 Å². The second-order valence-corrected chi connectivity index (χ2v) is 10.6. The number of H-pyrrole nitrogens is 1. The van der Waals surface area contributed by atoms with E-state index in [9.17, 15) is 40.3 Å². The maximum atomic E-state index is 13.9. The van der Waals surface area contributed by atoms with Gasteiger partial charge in [0.05, 0.1) is 35.7 Å². The first-order chi connectivity index (χ1) is 19.6. The van der Waals surface area contributed by atoms with E-state index in [-0.39, 0.29) is 37.2 Å². The van der Waals surface area contributed by atoms with Crippen molar-refractivity contribution >= 4 is 22.8 Å². The van der Waals surface area contributed by atoms with Crippen LogP contribution in [0.4, 0.5) is 30.7 Å². The first kappa shape index (κ1) is 31.2. The van der Waals surface area contributed by atoms with Gasteiger partial charge in [-0.05, 0) is 50.3 Å². The number of benzene rings is 1. The zero-order valence-corrected chi connectivity index (χ0v) is 22.7. The molecule has 1 aliphatic rings. The fraction of sp³-hybridized carbons (Fsp3) is 0.577. The van der Waals surface area contributed by atoms with Crippen molar-refractivity contribution in [3.05, 3.63) is 41.5 Å². The molecular weight excluding hydrogens is 575 g/mol. The molecule has 0 aliphatic heterocycles. The number of nitrogens with one attached hydrogen (secondary N) is 3. The minimum absolute atomic E-state index is 0.0797. The van der Waals surface area contributed by atoms with Crippen LogP contribution >= 0.6 is 0 Å². The molecule has 3 atom stereocenters. The Balaban J connectivity index is 1.55. The topological polar surface area (TPSA) is 118 Å². The Morgan fingerprint density at radius 3 is 2.48 bits per heavy atom. The Bertz CT molecular complexity index is 1400. The first-order valence-electron chi connectivity index (χ1n) is 13.4. The number of aromatic amines is 1. The number of amides is 2. The van der Waals surface area contributed by atoms with E-state index in [2.05, 4.69) is 30.9 Å². The summed E-state index contributed by atoms with van der Waals surface area (Å²) in [7, 11) is 0. The maximum Gasteiger partial charge on any atom is 0.389 e. The summed E-state index contributed by atoms with van der Waals surface area (Å²) < 4.78 is 92.1. The lowest BCUT2D eigenvalue weighted by Gasteiger charge is -2.33. The molecule has 4 rings (SSSR count). The highest BCUT2D eigenvalue weighted by Gasteiger charge is 2.40. The van der Waals surface area contributed by atoms with Crippen LogP contribution in [0, 0.1) is 5.92 Å². The molecule has 16 heteroatoms. The van der Waals surface area contributed by atoms with Gasteiger partial charge in [0, 0.05) is 19.3 Å². The minimum Gasteiger partial charge on any atom is -0.350 e. The number of carbonyl (C=O) groups is 2. The Hall–Kier alpha value is -3.72. The number of fused-ring (bicyclic) bond motifs is 1. The van der Waals surface area contributed by atoms with Gasteiger partial charge in [0.1, 0.15) is 11.9 Å². The number of hydrogen-bond acceptors (Lipinski definition) is 5. The van der Waals surface area contributed by atoms with Crippen LogP contribution < -0.4 is 10.6 Å². The quantitative estimate of drug-likeness (QED) is 0.253. The van der Waals surface area contributed by atoms with E-state index in [0.717, 1.165) is 10.9 Å². The van der Waals surface area contributed by atoms with E-state index < -0.39 is 67.2 Å². The highest BCUT2D eigenvalue weighted by atomic mass is 19.4. The third-order valence-electron chi connectivity index (χ3n) is 7.38. The summed E-state index contributed by atoms with van der Waals surface area (Å²) in [5.74, 6) is -4.51. The van der Waals surface area contributed by atoms with E-state index in [1.807, 2.05) is 0 Å². The van der Waals surface area contributed by atoms with Gasteiger partial charge in [-0.15, -0.1) is 5.10 Å². The average Bonchev–Trinajstić information content (AvgIpc) is 3.57. The molecule has 1 unspecified atom stereocenters. The van der Waals surface area contributed by atoms with E-state index >= 15 is 0 Å². The summed E-state index contributed by atoms with van der Waals surface area (Å²) in [4.78, 5) is 32.7. The van der Waals surface area contributed by atoms with Crippen molar-refractivity contribution in [1.29, 1.82) is 0 Å². The third-order valence-corrected chi connectivity index (χ3v) is 7.38. The summed E-state index contributed by atoms with van der Waals surface area (Å²) in [6.45, 7) is 2.82. The second kappa shape index (κ2) is 12.3. The summed E-state index contributed by atoms with van der Waals surface area (Å²) in [5, 5.41) is 12.5. The van der Waals surface area contributed by atoms with E-state index in [0.29, 0.717) is 16.6 Å². The summed E-state index contributed by atoms with van der Waals surface area (Å²) in [6, 6.07) is 2.10. The molecule has 0 radical (unpaired) electrons. The van der Waals surface area contributed by atoms with Gasteiger partial charge in [-0.1, -0.05) is 11.3 Å². The standard InChI is InChI=1S/C26H30F7N7O2/c1-13(34-20(41)7-10-26(31,32)33)16-3-4-17-18(11-16)36-23(35-17)21(15-5-8-25(29,30)9-6-15)37-24(42)19-12-40(39-38-19)14(2)22(27)28/h3-4,11-15,21-22H,5-10H2,1-2H3,(H,34,41)(H,35,36)(H,37,42)/t13-,14?,21+/m1/s1. The number of carbonyl (C=O) groups excluding carboxylic acids is 2. The predicted octanol–water partition coefficient (Wildman–Crippen LogP) is 5.80. The molecule has 0 bridgehead atoms. The number of halogens is 7. The average molecular weight is 606 g/mol. The van der Waals surface area contributed by atoms with Gasteiger partial charge in [0.2, 0.25) is 11.8 Å². The van der Waals surface area contributed by atoms with Crippen LogP contribution in [0.15, 0.2) is 24.4 Å². The molecule has 0 spiro atoms. The first-order valence-corrected chi connectivity index (χ1v) is 13.4. The van der Waals surface area contributed by atoms with Crippen LogP contribution in [0.5, 0.6) is 0 Å². The van der Waals surface area contributed by atoms with Crippen LogP contribution in [0.25, 0.3) is 11.0 Å². The number of aromatic nitrogens is 5. The second-order valence-electron chi connectivity index (χ2n) is 10.6. The SMILES string of the molecule is CC(C(F)F)n1cc(C(=O)N[C@H](c2nc3cc([C@@H](C)NC(=O)CCC(F)(F)F)ccc3[nH]2)C2CCC(F)(F)CC2)nn1. The largest absolute Gasteiger partial charge is 0.389 e. The monoisotopic (exact) mass is 605 g/mol. The molecule has 3 aromatic rings. The molecule has 42 heavy (non-hydrogen) atoms. The molecule has 0 saturated heterocycles. The molecule has 3 N–H and O–H groups in total. The number of imidazole rings is 1. The molecule has 2 aromatic heterocycles. The van der Waals surface area contributed by atoms with Gasteiger partial charge < -0.3 is 15.6 Å². The number of alkyl halides is 7. The number of hydrogen-bond donors (Lipinski definition) is 3. The van der Waals surface area contributed by atoms with Crippen molar-refractivity contribution < 1.29 is 40.3 Å². The van der Waals surface area contributed by atoms with Crippen LogP contribution in [-0.2, 0) is 4.79 Å². The van der Waals surface area contributed by atoms with Crippen LogP contribution in [0.3, 0.4) is 0 Å². The zero-order valence-electron chi connectivity index (χ0n) is 22.7. The molecular formula is C26H30F7N7O2. The highest BCUT2D eigenvalue weighted by molar-refractivity contribution is 5.92. The lowest BCUT2D eigenvalue weighted by molar-refractivity contribution is -0.144. The maximum absolute atomic E-state index is 13.9. The lowest BCUT2D eigenvalue weighted by Crippen LogP contribution is -2.37. The van der Waals surface area contributed by atoms with E-state index in [1.165, 1.54) is 6.92 Å². The fourth-order valence-corrected chi connectivity index (χ4v) is 4.83. The van der Waals surface area contributed by atoms with Crippen molar-refractivity contribution in [2.45, 2.75) is 89.0 Å². The van der Waals surface area contributed by atoms with Crippen molar-refractivity contribution in [3.63, 3.8) is 0 Å². The Morgan fingerprint density at radius 1 is 1.14 bits per heavy atom. The summed E-state index contributed by atoms with van der Waals surface area (Å²) in [5.41, 5.74) is 1.27. The highest BCUT2D eigenvalue weighted by Crippen LogP contribution is 2.41. The lowest BCUT2D eigenvalue weighted by atomic mass is 9.81. The molecule has 1 fully saturated rings. The predicted molar refractivity (Wildman–Crippen MR) is 136 cm³/mol. The minimum atomic E-state index is -4.45. The van der Waals surface area contributed by atoms with Crippen molar-refractivity contribution in [2.75, 3.05) is 0 Å². The molecule has 2 heterocycles. The summed E-state index contributed by atoms with van der Waals surface area (Å²) >= 11 is 0. The van der Waals surface area contributed by atoms with Gasteiger partial charge >= 0.3 is 6.18 Å². The van der Waals surface area contributed by atoms with E-state index in [1.54, 1.807) is 25.1 Å². The number of rotatable bonds is 10. The van der Waals surface area contributed by atoms with Crippen molar-refractivity contribution in [3.8, 4) is 0 Å². The zero-order chi connectivity index (χ0) is 30.8. The van der Waals surface area contributed by atoms with Gasteiger partial charge in [-0.25, -0.2) is 27.2 Å². The third kappa shape index (κ3) is 7.76. The Morgan fingerprint density at radius 2 is 1.83 bits per heavy atom. The van der Waals surface area contributed by atoms with Crippen LogP contribution in [0.1, 0.15) is 92.4 Å². The molecule has 1 aromatic carbocycles. The Labute approximate surface area is 235 Å². The van der Waals surface area contributed by atoms with Gasteiger partial charge in [0.25, 0.3) is 12.3 Å². The summed E-state index contributed by atoms with van der Waals surface area (Å²) in [6.07, 6.45) is -8.68. The van der Waals surface area contributed by atoms with Crippen molar-refractivity contribution in [1.82, 2.24) is 35.6 Å².